The van der Waals surface area contributed by atoms with Crippen molar-refractivity contribution in [2.24, 2.45) is 23.5 Å². The number of hydrogen-bond acceptors (Lipinski definition) is 2. The highest BCUT2D eigenvalue weighted by atomic mass is 35.5. The summed E-state index contributed by atoms with van der Waals surface area (Å²) in [5.41, 5.74) is 6.06. The molecule has 0 aromatic heterocycles. The van der Waals surface area contributed by atoms with Crippen molar-refractivity contribution in [1.29, 1.82) is 0 Å². The van der Waals surface area contributed by atoms with Gasteiger partial charge in [0.05, 0.1) is 10.0 Å². The molecule has 0 aliphatic rings. The van der Waals surface area contributed by atoms with Crippen LogP contribution in [0.2, 0.25) is 10.0 Å². The standard InChI is InChI=1S/C10H20O.C8H8Cl2.C2H7N/c1-5-6-8(2)10(4)9(3)7-11;1-2-6-3-4-7(9)8(10)5-6;1-2-3/h7-10H,5-6H2,1-4H3;3-5H,2H2,1H3;2-3H2,1H3. The molecule has 0 fully saturated rings. The highest BCUT2D eigenvalue weighted by Gasteiger charge is 2.17. The number of halogens is 2. The van der Waals surface area contributed by atoms with Crippen LogP contribution in [0.4, 0.5) is 0 Å². The highest BCUT2D eigenvalue weighted by Crippen LogP contribution is 2.23. The second kappa shape index (κ2) is 15.9. The average Bonchev–Trinajstić information content (AvgIpc) is 2.57. The highest BCUT2D eigenvalue weighted by molar-refractivity contribution is 6.42. The molecule has 1 rings (SSSR count). The van der Waals surface area contributed by atoms with Gasteiger partial charge in [0, 0.05) is 5.92 Å². The molecule has 0 aliphatic carbocycles. The number of benzene rings is 1. The molecule has 0 aliphatic heterocycles. The van der Waals surface area contributed by atoms with E-state index in [0.717, 1.165) is 19.3 Å². The number of carbonyl (C=O) groups is 1. The van der Waals surface area contributed by atoms with Crippen LogP contribution in [0.3, 0.4) is 0 Å². The maximum absolute atomic E-state index is 10.5. The number of nitrogens with two attached hydrogens (primary N) is 1. The quantitative estimate of drug-likeness (QED) is 0.583. The molecule has 0 heterocycles. The van der Waals surface area contributed by atoms with Crippen LogP contribution < -0.4 is 5.73 Å². The van der Waals surface area contributed by atoms with Crippen molar-refractivity contribution in [2.75, 3.05) is 6.54 Å². The van der Waals surface area contributed by atoms with Gasteiger partial charge in [-0.3, -0.25) is 0 Å². The summed E-state index contributed by atoms with van der Waals surface area (Å²) < 4.78 is 0. The number of aldehydes is 1. The Balaban J connectivity index is 0. The fourth-order valence-electron chi connectivity index (χ4n) is 2.12. The Kier molecular flexibility index (Phi) is 17.0. The molecule has 1 aromatic carbocycles. The first-order chi connectivity index (χ1) is 11.3. The summed E-state index contributed by atoms with van der Waals surface area (Å²) in [6, 6.07) is 5.70. The minimum atomic E-state index is 0.219. The fourth-order valence-corrected chi connectivity index (χ4v) is 2.44. The lowest BCUT2D eigenvalue weighted by molar-refractivity contribution is -0.112. The Morgan fingerprint density at radius 2 is 1.62 bits per heavy atom. The van der Waals surface area contributed by atoms with Crippen molar-refractivity contribution in [3.63, 3.8) is 0 Å². The topological polar surface area (TPSA) is 43.1 Å². The first-order valence-electron chi connectivity index (χ1n) is 8.88. The van der Waals surface area contributed by atoms with E-state index in [0.29, 0.717) is 21.9 Å². The summed E-state index contributed by atoms with van der Waals surface area (Å²) in [4.78, 5) is 10.5. The van der Waals surface area contributed by atoms with Gasteiger partial charge in [0.2, 0.25) is 0 Å². The summed E-state index contributed by atoms with van der Waals surface area (Å²) in [7, 11) is 0. The van der Waals surface area contributed by atoms with Crippen LogP contribution in [-0.4, -0.2) is 12.8 Å². The Bertz CT molecular complexity index is 438. The lowest BCUT2D eigenvalue weighted by Gasteiger charge is -2.21. The van der Waals surface area contributed by atoms with Crippen molar-refractivity contribution in [2.45, 2.75) is 60.8 Å². The zero-order valence-electron chi connectivity index (χ0n) is 16.1. The van der Waals surface area contributed by atoms with Crippen molar-refractivity contribution in [1.82, 2.24) is 0 Å². The molecule has 0 bridgehead atoms. The number of carbonyl (C=O) groups excluding carboxylic acids is 1. The van der Waals surface area contributed by atoms with E-state index in [4.69, 9.17) is 28.9 Å². The van der Waals surface area contributed by atoms with Gasteiger partial charge in [-0.2, -0.15) is 0 Å². The normalized spacial score (nSPS) is 13.5. The second-order valence-corrected chi connectivity index (χ2v) is 6.94. The monoisotopic (exact) mass is 375 g/mol. The molecule has 4 heteroatoms. The van der Waals surface area contributed by atoms with Gasteiger partial charge < -0.3 is 10.5 Å². The largest absolute Gasteiger partial charge is 0.331 e. The molecule has 3 atom stereocenters. The number of hydrogen-bond donors (Lipinski definition) is 1. The third-order valence-corrected chi connectivity index (χ3v) is 4.82. The summed E-state index contributed by atoms with van der Waals surface area (Å²) in [6.45, 7) is 13.3. The summed E-state index contributed by atoms with van der Waals surface area (Å²) >= 11 is 11.5. The Hall–Kier alpha value is -0.570. The summed E-state index contributed by atoms with van der Waals surface area (Å²) in [6.07, 6.45) is 4.52. The second-order valence-electron chi connectivity index (χ2n) is 6.13. The molecule has 0 radical (unpaired) electrons. The van der Waals surface area contributed by atoms with Crippen LogP contribution >= 0.6 is 23.2 Å². The van der Waals surface area contributed by atoms with Gasteiger partial charge in [0.15, 0.2) is 0 Å². The molecule has 0 saturated carbocycles. The summed E-state index contributed by atoms with van der Waals surface area (Å²) in [5.74, 6) is 1.43. The lowest BCUT2D eigenvalue weighted by Crippen LogP contribution is -2.17. The molecule has 2 nitrogen and oxygen atoms in total. The van der Waals surface area contributed by atoms with Crippen molar-refractivity contribution in [3.8, 4) is 0 Å². The van der Waals surface area contributed by atoms with Crippen LogP contribution in [0.15, 0.2) is 18.2 Å². The van der Waals surface area contributed by atoms with E-state index >= 15 is 0 Å². The maximum atomic E-state index is 10.5. The van der Waals surface area contributed by atoms with Crippen LogP contribution in [0.5, 0.6) is 0 Å². The number of aryl methyl sites for hydroxylation is 1. The van der Waals surface area contributed by atoms with Gasteiger partial charge in [-0.15, -0.1) is 0 Å². The predicted octanol–water partition coefficient (Wildman–Crippen LogP) is 6.41. The van der Waals surface area contributed by atoms with Gasteiger partial charge in [-0.05, 0) is 42.5 Å². The third-order valence-electron chi connectivity index (χ3n) is 4.08. The van der Waals surface area contributed by atoms with E-state index in [-0.39, 0.29) is 5.92 Å². The molecule has 0 amide bonds. The molecule has 1 aromatic rings. The van der Waals surface area contributed by atoms with Crippen LogP contribution in [0, 0.1) is 17.8 Å². The molecular weight excluding hydrogens is 341 g/mol. The molecule has 0 spiro atoms. The Morgan fingerprint density at radius 3 is 2.00 bits per heavy atom. The first kappa shape index (κ1) is 25.7. The molecule has 2 N–H and O–H groups in total. The lowest BCUT2D eigenvalue weighted by atomic mass is 9.83. The smallest absolute Gasteiger partial charge is 0.123 e. The SMILES string of the molecule is CCCC(C)C(C)C(C)C=O.CCN.CCc1ccc(Cl)c(Cl)c1. The fraction of sp³-hybridized carbons (Fsp3) is 0.650. The zero-order chi connectivity index (χ0) is 19.1. The summed E-state index contributed by atoms with van der Waals surface area (Å²) in [5, 5.41) is 1.26. The van der Waals surface area contributed by atoms with E-state index in [1.54, 1.807) is 0 Å². The van der Waals surface area contributed by atoms with Crippen LogP contribution in [-0.2, 0) is 11.2 Å². The molecule has 3 unspecified atom stereocenters. The minimum absolute atomic E-state index is 0.219. The van der Waals surface area contributed by atoms with Crippen molar-refractivity contribution >= 4 is 29.5 Å². The number of rotatable bonds is 6. The molecular formula is C20H35Cl2NO. The average molecular weight is 376 g/mol. The Labute approximate surface area is 159 Å². The van der Waals surface area contributed by atoms with Gasteiger partial charge in [-0.25, -0.2) is 0 Å². The van der Waals surface area contributed by atoms with E-state index in [1.165, 1.54) is 18.4 Å². The molecule has 140 valence electrons. The third kappa shape index (κ3) is 11.9. The maximum Gasteiger partial charge on any atom is 0.123 e. The van der Waals surface area contributed by atoms with Crippen molar-refractivity contribution < 1.29 is 4.79 Å². The Morgan fingerprint density at radius 1 is 1.08 bits per heavy atom. The van der Waals surface area contributed by atoms with Crippen LogP contribution in [0.25, 0.3) is 0 Å². The van der Waals surface area contributed by atoms with E-state index in [2.05, 4.69) is 27.7 Å². The molecule has 24 heavy (non-hydrogen) atoms. The van der Waals surface area contributed by atoms with Gasteiger partial charge in [0.25, 0.3) is 0 Å². The van der Waals surface area contributed by atoms with Crippen molar-refractivity contribution in [3.05, 3.63) is 33.8 Å². The first-order valence-corrected chi connectivity index (χ1v) is 9.63. The van der Waals surface area contributed by atoms with E-state index in [1.807, 2.05) is 32.0 Å². The minimum Gasteiger partial charge on any atom is -0.331 e. The van der Waals surface area contributed by atoms with Gasteiger partial charge in [-0.1, -0.05) is 83.7 Å². The molecule has 0 saturated heterocycles. The zero-order valence-corrected chi connectivity index (χ0v) is 17.6. The van der Waals surface area contributed by atoms with Gasteiger partial charge >= 0.3 is 0 Å². The predicted molar refractivity (Wildman–Crippen MR) is 109 cm³/mol. The van der Waals surface area contributed by atoms with E-state index < -0.39 is 0 Å². The van der Waals surface area contributed by atoms with E-state index in [9.17, 15) is 4.79 Å². The van der Waals surface area contributed by atoms with Gasteiger partial charge in [0.1, 0.15) is 6.29 Å². The van der Waals surface area contributed by atoms with Crippen LogP contribution in [0.1, 0.15) is 59.9 Å².